The smallest absolute Gasteiger partial charge is 0.369 e. The van der Waals surface area contributed by atoms with Crippen LogP contribution in [0.5, 0.6) is 0 Å². The van der Waals surface area contributed by atoms with E-state index in [0.717, 1.165) is 64.5 Å². The van der Waals surface area contributed by atoms with Crippen molar-refractivity contribution in [1.29, 1.82) is 5.26 Å². The predicted octanol–water partition coefficient (Wildman–Crippen LogP) is 4.16. The molecule has 3 rings (SSSR count). The van der Waals surface area contributed by atoms with Gasteiger partial charge >= 0.3 is 6.18 Å². The zero-order valence-corrected chi connectivity index (χ0v) is 14.3. The zero-order chi connectivity index (χ0) is 17.9. The highest BCUT2D eigenvalue weighted by Gasteiger charge is 2.31. The minimum atomic E-state index is -4.29. The van der Waals surface area contributed by atoms with E-state index in [2.05, 4.69) is 11.0 Å². The van der Waals surface area contributed by atoms with Gasteiger partial charge in [0, 0.05) is 44.3 Å². The van der Waals surface area contributed by atoms with Gasteiger partial charge in [-0.15, -0.1) is 0 Å². The Morgan fingerprint density at radius 3 is 2.32 bits per heavy atom. The quantitative estimate of drug-likeness (QED) is 0.819. The average Bonchev–Trinajstić information content (AvgIpc) is 2.62. The summed E-state index contributed by atoms with van der Waals surface area (Å²) < 4.78 is 38.6. The number of halogens is 3. The van der Waals surface area contributed by atoms with Gasteiger partial charge in [0.25, 0.3) is 0 Å². The van der Waals surface area contributed by atoms with Crippen molar-refractivity contribution < 1.29 is 13.2 Å². The van der Waals surface area contributed by atoms with E-state index < -0.39 is 11.7 Å². The molecule has 1 aromatic rings. The second kappa shape index (κ2) is 7.65. The summed E-state index contributed by atoms with van der Waals surface area (Å²) in [5, 5.41) is 8.97. The first kappa shape index (κ1) is 18.1. The van der Waals surface area contributed by atoms with Crippen LogP contribution in [0.2, 0.25) is 0 Å². The second-order valence-electron chi connectivity index (χ2n) is 7.18. The number of hydrogen-bond donors (Lipinski definition) is 0. The molecule has 2 fully saturated rings. The summed E-state index contributed by atoms with van der Waals surface area (Å²) in [6.07, 6.45) is -0.0467. The topological polar surface area (TPSA) is 30.3 Å². The van der Waals surface area contributed by atoms with Crippen molar-refractivity contribution >= 4 is 5.69 Å². The highest BCUT2D eigenvalue weighted by molar-refractivity contribution is 5.49. The van der Waals surface area contributed by atoms with Crippen molar-refractivity contribution in [3.8, 4) is 6.07 Å². The van der Waals surface area contributed by atoms with Gasteiger partial charge in [-0.2, -0.15) is 18.4 Å². The molecule has 0 bridgehead atoms. The molecular formula is C19H24F3N3. The molecule has 136 valence electrons. The fourth-order valence-corrected chi connectivity index (χ4v) is 3.91. The standard InChI is InChI=1S/C19H24F3N3/c20-19(21,22)17-2-1-3-18(12-17)25-10-8-24(9-11-25)14-16-6-4-15(13-23)5-7-16/h1-3,12,15-16H,4-11,14H2. The third-order valence-electron chi connectivity index (χ3n) is 5.46. The van der Waals surface area contributed by atoms with Crippen molar-refractivity contribution in [2.45, 2.75) is 31.9 Å². The predicted molar refractivity (Wildman–Crippen MR) is 91.2 cm³/mol. The van der Waals surface area contributed by atoms with Crippen LogP contribution < -0.4 is 4.90 Å². The molecule has 6 heteroatoms. The Morgan fingerprint density at radius 1 is 1.04 bits per heavy atom. The summed E-state index contributed by atoms with van der Waals surface area (Å²) in [4.78, 5) is 4.46. The van der Waals surface area contributed by atoms with Crippen LogP contribution in [0, 0.1) is 23.2 Å². The van der Waals surface area contributed by atoms with Gasteiger partial charge in [-0.25, -0.2) is 0 Å². The van der Waals surface area contributed by atoms with Gasteiger partial charge in [0.15, 0.2) is 0 Å². The molecule has 1 aliphatic carbocycles. The Hall–Kier alpha value is -1.74. The number of piperazine rings is 1. The molecule has 0 atom stereocenters. The number of benzene rings is 1. The number of nitriles is 1. The fraction of sp³-hybridized carbons (Fsp3) is 0.632. The third kappa shape index (κ3) is 4.66. The number of rotatable bonds is 3. The fourth-order valence-electron chi connectivity index (χ4n) is 3.91. The van der Waals surface area contributed by atoms with Crippen LogP contribution in [0.25, 0.3) is 0 Å². The number of nitrogens with zero attached hydrogens (tertiary/aromatic N) is 3. The first-order valence-corrected chi connectivity index (χ1v) is 9.00. The lowest BCUT2D eigenvalue weighted by atomic mass is 9.82. The maximum absolute atomic E-state index is 12.9. The van der Waals surface area contributed by atoms with Crippen LogP contribution in [0.4, 0.5) is 18.9 Å². The first-order valence-electron chi connectivity index (χ1n) is 9.00. The molecule has 1 aromatic carbocycles. The van der Waals surface area contributed by atoms with Crippen LogP contribution in [0.3, 0.4) is 0 Å². The highest BCUT2D eigenvalue weighted by Crippen LogP contribution is 2.32. The van der Waals surface area contributed by atoms with E-state index in [1.54, 1.807) is 6.07 Å². The summed E-state index contributed by atoms with van der Waals surface area (Å²) in [5.41, 5.74) is 0.0747. The van der Waals surface area contributed by atoms with Gasteiger partial charge in [0.05, 0.1) is 11.6 Å². The molecule has 1 aliphatic heterocycles. The number of anilines is 1. The summed E-state index contributed by atoms with van der Waals surface area (Å²) >= 11 is 0. The van der Waals surface area contributed by atoms with E-state index in [1.165, 1.54) is 12.1 Å². The molecule has 0 spiro atoms. The largest absolute Gasteiger partial charge is 0.416 e. The monoisotopic (exact) mass is 351 g/mol. The van der Waals surface area contributed by atoms with Crippen molar-refractivity contribution in [2.24, 2.45) is 11.8 Å². The van der Waals surface area contributed by atoms with Crippen molar-refractivity contribution in [1.82, 2.24) is 4.90 Å². The summed E-state index contributed by atoms with van der Waals surface area (Å²) in [6, 6.07) is 7.98. The molecule has 1 heterocycles. The molecule has 1 saturated carbocycles. The SMILES string of the molecule is N#CC1CCC(CN2CCN(c3cccc(C(F)(F)F)c3)CC2)CC1. The van der Waals surface area contributed by atoms with E-state index in [-0.39, 0.29) is 5.92 Å². The van der Waals surface area contributed by atoms with Crippen LogP contribution >= 0.6 is 0 Å². The van der Waals surface area contributed by atoms with Gasteiger partial charge < -0.3 is 4.90 Å². The lowest BCUT2D eigenvalue weighted by Crippen LogP contribution is -2.48. The first-order chi connectivity index (χ1) is 12.0. The van der Waals surface area contributed by atoms with E-state index >= 15 is 0 Å². The maximum Gasteiger partial charge on any atom is 0.416 e. The van der Waals surface area contributed by atoms with Crippen LogP contribution in [-0.2, 0) is 6.18 Å². The maximum atomic E-state index is 12.9. The van der Waals surface area contributed by atoms with E-state index in [0.29, 0.717) is 11.6 Å². The van der Waals surface area contributed by atoms with Gasteiger partial charge in [-0.05, 0) is 49.8 Å². The van der Waals surface area contributed by atoms with Crippen LogP contribution in [-0.4, -0.2) is 37.6 Å². The molecule has 0 radical (unpaired) electrons. The highest BCUT2D eigenvalue weighted by atomic mass is 19.4. The Kier molecular flexibility index (Phi) is 5.53. The molecule has 0 aromatic heterocycles. The van der Waals surface area contributed by atoms with Crippen molar-refractivity contribution in [3.63, 3.8) is 0 Å². The Balaban J connectivity index is 1.50. The van der Waals surface area contributed by atoms with Crippen molar-refractivity contribution in [2.75, 3.05) is 37.6 Å². The summed E-state index contributed by atoms with van der Waals surface area (Å²) in [6.45, 7) is 4.33. The van der Waals surface area contributed by atoms with Gasteiger partial charge in [-0.3, -0.25) is 4.90 Å². The lowest BCUT2D eigenvalue weighted by molar-refractivity contribution is -0.137. The average molecular weight is 351 g/mol. The molecule has 1 saturated heterocycles. The number of hydrogen-bond acceptors (Lipinski definition) is 3. The Labute approximate surface area is 147 Å². The molecule has 0 N–H and O–H groups in total. The molecule has 25 heavy (non-hydrogen) atoms. The third-order valence-corrected chi connectivity index (χ3v) is 5.46. The van der Waals surface area contributed by atoms with E-state index in [9.17, 15) is 13.2 Å². The normalized spacial score (nSPS) is 25.6. The molecule has 0 amide bonds. The lowest BCUT2D eigenvalue weighted by Gasteiger charge is -2.38. The molecule has 3 nitrogen and oxygen atoms in total. The van der Waals surface area contributed by atoms with Gasteiger partial charge in [-0.1, -0.05) is 6.07 Å². The summed E-state index contributed by atoms with van der Waals surface area (Å²) in [7, 11) is 0. The number of alkyl halides is 3. The Bertz CT molecular complexity index is 607. The minimum absolute atomic E-state index is 0.231. The molecule has 2 aliphatic rings. The molecule has 0 unspecified atom stereocenters. The van der Waals surface area contributed by atoms with Crippen LogP contribution in [0.15, 0.2) is 24.3 Å². The zero-order valence-electron chi connectivity index (χ0n) is 14.3. The minimum Gasteiger partial charge on any atom is -0.369 e. The van der Waals surface area contributed by atoms with E-state index in [1.807, 2.05) is 4.90 Å². The second-order valence-corrected chi connectivity index (χ2v) is 7.18. The van der Waals surface area contributed by atoms with Crippen molar-refractivity contribution in [3.05, 3.63) is 29.8 Å². The molecular weight excluding hydrogens is 327 g/mol. The summed E-state index contributed by atoms with van der Waals surface area (Å²) in [5.74, 6) is 0.888. The van der Waals surface area contributed by atoms with Gasteiger partial charge in [0.2, 0.25) is 0 Å². The Morgan fingerprint density at radius 2 is 1.72 bits per heavy atom. The van der Waals surface area contributed by atoms with Gasteiger partial charge in [0.1, 0.15) is 0 Å². The van der Waals surface area contributed by atoms with E-state index in [4.69, 9.17) is 5.26 Å². The van der Waals surface area contributed by atoms with Crippen LogP contribution in [0.1, 0.15) is 31.2 Å².